The molecule has 2 atom stereocenters. The SMILES string of the molecule is c1cc(-c2ccc(CN3CCCC4CCCN43)cc2)ccc1CN1CCCC2CCCN21. The van der Waals surface area contributed by atoms with Gasteiger partial charge in [-0.3, -0.25) is 0 Å². The highest BCUT2D eigenvalue weighted by Crippen LogP contribution is 2.31. The van der Waals surface area contributed by atoms with Crippen LogP contribution in [0.25, 0.3) is 11.1 Å². The van der Waals surface area contributed by atoms with Gasteiger partial charge < -0.3 is 0 Å². The van der Waals surface area contributed by atoms with Gasteiger partial charge in [0.1, 0.15) is 0 Å². The molecule has 0 aliphatic carbocycles. The maximum Gasteiger partial charge on any atom is 0.0384 e. The Morgan fingerprint density at radius 1 is 0.500 bits per heavy atom. The number of rotatable bonds is 5. The van der Waals surface area contributed by atoms with Crippen molar-refractivity contribution in [3.05, 3.63) is 59.7 Å². The van der Waals surface area contributed by atoms with Gasteiger partial charge >= 0.3 is 0 Å². The number of fused-ring (bicyclic) bond motifs is 2. The second-order valence-corrected chi connectivity index (χ2v) is 10.4. The van der Waals surface area contributed by atoms with E-state index in [0.717, 1.165) is 25.2 Å². The molecule has 4 aliphatic rings. The van der Waals surface area contributed by atoms with E-state index in [1.165, 1.54) is 99.8 Å². The predicted octanol–water partition coefficient (Wildman–Crippen LogP) is 5.30. The first-order chi connectivity index (χ1) is 15.8. The van der Waals surface area contributed by atoms with Gasteiger partial charge in [-0.25, -0.2) is 20.0 Å². The van der Waals surface area contributed by atoms with Gasteiger partial charge in [-0.15, -0.1) is 0 Å². The van der Waals surface area contributed by atoms with Crippen molar-refractivity contribution in [2.24, 2.45) is 0 Å². The maximum absolute atomic E-state index is 2.66. The molecule has 0 amide bonds. The van der Waals surface area contributed by atoms with Gasteiger partial charge in [0, 0.05) is 51.4 Å². The Labute approximate surface area is 193 Å². The molecule has 0 N–H and O–H groups in total. The van der Waals surface area contributed by atoms with Gasteiger partial charge in [0.25, 0.3) is 0 Å². The molecule has 4 heterocycles. The van der Waals surface area contributed by atoms with Crippen molar-refractivity contribution in [2.75, 3.05) is 26.2 Å². The molecule has 0 aromatic heterocycles. The first-order valence-corrected chi connectivity index (χ1v) is 13.0. The molecule has 4 nitrogen and oxygen atoms in total. The summed E-state index contributed by atoms with van der Waals surface area (Å²) in [5, 5.41) is 10.5. The lowest BCUT2D eigenvalue weighted by Gasteiger charge is -2.40. The summed E-state index contributed by atoms with van der Waals surface area (Å²) in [6.07, 6.45) is 11.0. The van der Waals surface area contributed by atoms with E-state index >= 15 is 0 Å². The second kappa shape index (κ2) is 9.26. The Hall–Kier alpha value is -1.72. The van der Waals surface area contributed by atoms with Crippen LogP contribution in [0.1, 0.15) is 62.5 Å². The van der Waals surface area contributed by atoms with Crippen LogP contribution in [0.2, 0.25) is 0 Å². The monoisotopic (exact) mass is 430 g/mol. The molecule has 4 aliphatic heterocycles. The highest BCUT2D eigenvalue weighted by Gasteiger charge is 2.33. The van der Waals surface area contributed by atoms with E-state index in [1.54, 1.807) is 0 Å². The van der Waals surface area contributed by atoms with Crippen molar-refractivity contribution in [1.82, 2.24) is 20.0 Å². The molecule has 4 fully saturated rings. The average Bonchev–Trinajstić information content (AvgIpc) is 3.51. The lowest BCUT2D eigenvalue weighted by atomic mass is 10.0. The minimum Gasteiger partial charge on any atom is -0.238 e. The Morgan fingerprint density at radius 3 is 1.28 bits per heavy atom. The molecular weight excluding hydrogens is 392 g/mol. The first kappa shape index (κ1) is 20.9. The summed E-state index contributed by atoms with van der Waals surface area (Å²) >= 11 is 0. The average molecular weight is 431 g/mol. The zero-order chi connectivity index (χ0) is 21.3. The fraction of sp³-hybridized carbons (Fsp3) is 0.571. The molecule has 170 valence electrons. The molecule has 0 spiro atoms. The van der Waals surface area contributed by atoms with Crippen LogP contribution in [0.5, 0.6) is 0 Å². The zero-order valence-electron chi connectivity index (χ0n) is 19.5. The van der Waals surface area contributed by atoms with E-state index in [0.29, 0.717) is 0 Å². The lowest BCUT2D eigenvalue weighted by Crippen LogP contribution is -2.49. The van der Waals surface area contributed by atoms with Gasteiger partial charge in [-0.2, -0.15) is 0 Å². The normalized spacial score (nSPS) is 27.5. The molecule has 0 radical (unpaired) electrons. The largest absolute Gasteiger partial charge is 0.238 e. The second-order valence-electron chi connectivity index (χ2n) is 10.4. The number of hydrogen-bond acceptors (Lipinski definition) is 4. The van der Waals surface area contributed by atoms with Crippen molar-refractivity contribution < 1.29 is 0 Å². The summed E-state index contributed by atoms with van der Waals surface area (Å²) in [7, 11) is 0. The molecule has 2 unspecified atom stereocenters. The summed E-state index contributed by atoms with van der Waals surface area (Å²) in [6, 6.07) is 20.2. The first-order valence-electron chi connectivity index (χ1n) is 13.0. The molecule has 6 rings (SSSR count). The van der Waals surface area contributed by atoms with Crippen LogP contribution in [0.4, 0.5) is 0 Å². The third kappa shape index (κ3) is 4.26. The van der Waals surface area contributed by atoms with E-state index in [1.807, 2.05) is 0 Å². The Morgan fingerprint density at radius 2 is 0.875 bits per heavy atom. The summed E-state index contributed by atoms with van der Waals surface area (Å²) in [6.45, 7) is 7.06. The van der Waals surface area contributed by atoms with Crippen LogP contribution in [-0.2, 0) is 13.1 Å². The highest BCUT2D eigenvalue weighted by atomic mass is 15.6. The fourth-order valence-electron chi connectivity index (χ4n) is 6.61. The van der Waals surface area contributed by atoms with Gasteiger partial charge in [-0.1, -0.05) is 48.5 Å². The molecule has 2 aromatic carbocycles. The van der Waals surface area contributed by atoms with E-state index < -0.39 is 0 Å². The van der Waals surface area contributed by atoms with Gasteiger partial charge in [0.2, 0.25) is 0 Å². The lowest BCUT2D eigenvalue weighted by molar-refractivity contribution is -0.0726. The van der Waals surface area contributed by atoms with E-state index in [4.69, 9.17) is 0 Å². The van der Waals surface area contributed by atoms with Crippen molar-refractivity contribution in [2.45, 2.75) is 76.5 Å². The molecule has 2 aromatic rings. The summed E-state index contributed by atoms with van der Waals surface area (Å²) in [5.74, 6) is 0. The molecule has 32 heavy (non-hydrogen) atoms. The molecule has 0 bridgehead atoms. The Bertz CT molecular complexity index is 817. The third-order valence-electron chi connectivity index (χ3n) is 8.30. The van der Waals surface area contributed by atoms with Crippen molar-refractivity contribution in [3.63, 3.8) is 0 Å². The standard InChI is InChI=1S/C28H38N4/c1-5-27-7-3-19-31(27)29(17-1)21-23-9-13-25(14-10-23)26-15-11-24(12-16-26)22-30-18-2-6-28-8-4-20-32(28)30/h9-16,27-28H,1-8,17-22H2. The highest BCUT2D eigenvalue weighted by molar-refractivity contribution is 5.64. The Kier molecular flexibility index (Phi) is 6.04. The van der Waals surface area contributed by atoms with E-state index in [-0.39, 0.29) is 0 Å². The van der Waals surface area contributed by atoms with E-state index in [9.17, 15) is 0 Å². The topological polar surface area (TPSA) is 13.0 Å². The molecular formula is C28H38N4. The zero-order valence-corrected chi connectivity index (χ0v) is 19.5. The molecule has 0 saturated carbocycles. The Balaban J connectivity index is 1.08. The number of hydrazine groups is 2. The van der Waals surface area contributed by atoms with Crippen LogP contribution in [0.15, 0.2) is 48.5 Å². The summed E-state index contributed by atoms with van der Waals surface area (Å²) in [5.41, 5.74) is 5.53. The quantitative estimate of drug-likeness (QED) is 0.638. The third-order valence-corrected chi connectivity index (χ3v) is 8.30. The van der Waals surface area contributed by atoms with Gasteiger partial charge in [0.05, 0.1) is 0 Å². The van der Waals surface area contributed by atoms with Crippen molar-refractivity contribution >= 4 is 0 Å². The number of benzene rings is 2. The summed E-state index contributed by atoms with van der Waals surface area (Å²) in [4.78, 5) is 0. The summed E-state index contributed by atoms with van der Waals surface area (Å²) < 4.78 is 0. The molecule has 4 heteroatoms. The number of hydrogen-bond donors (Lipinski definition) is 0. The smallest absolute Gasteiger partial charge is 0.0384 e. The minimum absolute atomic E-state index is 0.808. The predicted molar refractivity (Wildman–Crippen MR) is 131 cm³/mol. The number of nitrogens with zero attached hydrogens (tertiary/aromatic N) is 4. The van der Waals surface area contributed by atoms with Crippen molar-refractivity contribution in [3.8, 4) is 11.1 Å². The molecule has 4 saturated heterocycles. The van der Waals surface area contributed by atoms with Gasteiger partial charge in [-0.05, 0) is 73.6 Å². The van der Waals surface area contributed by atoms with Crippen LogP contribution in [-0.4, -0.2) is 58.3 Å². The van der Waals surface area contributed by atoms with Crippen LogP contribution < -0.4 is 0 Å². The van der Waals surface area contributed by atoms with Crippen LogP contribution in [0.3, 0.4) is 0 Å². The van der Waals surface area contributed by atoms with Gasteiger partial charge in [0.15, 0.2) is 0 Å². The van der Waals surface area contributed by atoms with Crippen LogP contribution >= 0.6 is 0 Å². The maximum atomic E-state index is 2.66. The van der Waals surface area contributed by atoms with Crippen molar-refractivity contribution in [1.29, 1.82) is 0 Å². The fourth-order valence-corrected chi connectivity index (χ4v) is 6.61. The van der Waals surface area contributed by atoms with E-state index in [2.05, 4.69) is 68.6 Å². The van der Waals surface area contributed by atoms with Crippen LogP contribution in [0, 0.1) is 0 Å². The minimum atomic E-state index is 0.808.